The standard InChI is InChI=1S/C19H18ClN3O4S/c1-26-14-8-12(15(27-2)7-11(14)20)22-17(24)10-9-21-19-23(18(10)25)13-5-3-4-6-16(13)28-19/h7-9H,3-6H2,1-2H3,(H,22,24). The average Bonchev–Trinajstić information content (AvgIpc) is 3.08. The number of rotatable bonds is 4. The Morgan fingerprint density at radius 3 is 2.71 bits per heavy atom. The molecule has 1 aliphatic rings. The van der Waals surface area contributed by atoms with E-state index in [1.54, 1.807) is 16.5 Å². The molecule has 3 aromatic rings. The van der Waals surface area contributed by atoms with Crippen LogP contribution in [0.15, 0.2) is 23.1 Å². The van der Waals surface area contributed by atoms with Crippen molar-refractivity contribution in [2.24, 2.45) is 0 Å². The second kappa shape index (κ2) is 7.44. The van der Waals surface area contributed by atoms with Crippen molar-refractivity contribution in [3.63, 3.8) is 0 Å². The highest BCUT2D eigenvalue weighted by Gasteiger charge is 2.22. The first-order valence-corrected chi connectivity index (χ1v) is 9.98. The molecule has 1 aliphatic carbocycles. The zero-order valence-corrected chi connectivity index (χ0v) is 16.9. The van der Waals surface area contributed by atoms with Gasteiger partial charge in [-0.15, -0.1) is 11.3 Å². The third-order valence-electron chi connectivity index (χ3n) is 4.77. The van der Waals surface area contributed by atoms with Crippen LogP contribution >= 0.6 is 22.9 Å². The SMILES string of the molecule is COc1cc(NC(=O)c2cnc3sc4c(n3c2=O)CCCC4)c(OC)cc1Cl. The van der Waals surface area contributed by atoms with Crippen molar-refractivity contribution in [2.45, 2.75) is 25.7 Å². The van der Waals surface area contributed by atoms with Gasteiger partial charge in [0.25, 0.3) is 11.5 Å². The van der Waals surface area contributed by atoms with E-state index >= 15 is 0 Å². The van der Waals surface area contributed by atoms with E-state index in [2.05, 4.69) is 10.3 Å². The van der Waals surface area contributed by atoms with Crippen molar-refractivity contribution in [3.8, 4) is 11.5 Å². The van der Waals surface area contributed by atoms with Gasteiger partial charge in [0, 0.05) is 28.9 Å². The minimum Gasteiger partial charge on any atom is -0.495 e. The van der Waals surface area contributed by atoms with Gasteiger partial charge in [-0.1, -0.05) is 11.6 Å². The zero-order chi connectivity index (χ0) is 19.8. The number of amides is 1. The summed E-state index contributed by atoms with van der Waals surface area (Å²) in [6.45, 7) is 0. The van der Waals surface area contributed by atoms with E-state index in [0.717, 1.165) is 31.4 Å². The number of anilines is 1. The molecular weight excluding hydrogens is 402 g/mol. The minimum atomic E-state index is -0.565. The summed E-state index contributed by atoms with van der Waals surface area (Å²) in [5.74, 6) is 0.182. The zero-order valence-electron chi connectivity index (χ0n) is 15.4. The summed E-state index contributed by atoms with van der Waals surface area (Å²) in [6, 6.07) is 3.09. The fraction of sp³-hybridized carbons (Fsp3) is 0.316. The lowest BCUT2D eigenvalue weighted by Gasteiger charge is -2.13. The molecule has 0 radical (unpaired) electrons. The van der Waals surface area contributed by atoms with Crippen LogP contribution in [0.5, 0.6) is 11.5 Å². The molecule has 146 valence electrons. The lowest BCUT2D eigenvalue weighted by atomic mass is 10.0. The summed E-state index contributed by atoms with van der Waals surface area (Å²) < 4.78 is 12.0. The molecule has 0 bridgehead atoms. The van der Waals surface area contributed by atoms with Gasteiger partial charge in [-0.05, 0) is 25.7 Å². The van der Waals surface area contributed by atoms with Gasteiger partial charge in [-0.25, -0.2) is 4.98 Å². The number of nitrogens with one attached hydrogen (secondary N) is 1. The van der Waals surface area contributed by atoms with E-state index in [-0.39, 0.29) is 11.1 Å². The molecule has 2 heterocycles. The third kappa shape index (κ3) is 3.12. The molecule has 1 amide bonds. The fourth-order valence-electron chi connectivity index (χ4n) is 3.37. The number of thiazole rings is 1. The van der Waals surface area contributed by atoms with E-state index < -0.39 is 5.91 Å². The topological polar surface area (TPSA) is 81.9 Å². The summed E-state index contributed by atoms with van der Waals surface area (Å²) >= 11 is 7.62. The van der Waals surface area contributed by atoms with Crippen molar-refractivity contribution in [1.82, 2.24) is 9.38 Å². The van der Waals surface area contributed by atoms with E-state index in [4.69, 9.17) is 21.1 Å². The summed E-state index contributed by atoms with van der Waals surface area (Å²) in [5.41, 5.74) is 0.941. The van der Waals surface area contributed by atoms with Crippen LogP contribution in [0.2, 0.25) is 5.02 Å². The first-order chi connectivity index (χ1) is 13.5. The fourth-order valence-corrected chi connectivity index (χ4v) is 4.77. The second-order valence-corrected chi connectivity index (χ2v) is 7.88. The molecule has 1 N–H and O–H groups in total. The number of carbonyl (C=O) groups excluding carboxylic acids is 1. The summed E-state index contributed by atoms with van der Waals surface area (Å²) in [6.07, 6.45) is 5.24. The number of nitrogens with zero attached hydrogens (tertiary/aromatic N) is 2. The van der Waals surface area contributed by atoms with Crippen molar-refractivity contribution in [3.05, 3.63) is 49.8 Å². The van der Waals surface area contributed by atoms with Crippen LogP contribution < -0.4 is 20.3 Å². The minimum absolute atomic E-state index is 0.0281. The Labute approximate surface area is 169 Å². The van der Waals surface area contributed by atoms with Crippen LogP contribution in [0.4, 0.5) is 5.69 Å². The maximum Gasteiger partial charge on any atom is 0.271 e. The molecule has 0 spiro atoms. The third-order valence-corrected chi connectivity index (χ3v) is 6.22. The Bertz CT molecular complexity index is 1140. The number of aryl methyl sites for hydroxylation is 2. The molecule has 0 atom stereocenters. The molecule has 28 heavy (non-hydrogen) atoms. The largest absolute Gasteiger partial charge is 0.495 e. The lowest BCUT2D eigenvalue weighted by Crippen LogP contribution is -2.27. The van der Waals surface area contributed by atoms with Gasteiger partial charge in [-0.3, -0.25) is 14.0 Å². The van der Waals surface area contributed by atoms with Gasteiger partial charge >= 0.3 is 0 Å². The number of fused-ring (bicyclic) bond motifs is 3. The van der Waals surface area contributed by atoms with Gasteiger partial charge < -0.3 is 14.8 Å². The Morgan fingerprint density at radius 2 is 1.96 bits per heavy atom. The molecule has 7 nitrogen and oxygen atoms in total. The molecule has 1 aromatic carbocycles. The highest BCUT2D eigenvalue weighted by atomic mass is 35.5. The highest BCUT2D eigenvalue weighted by molar-refractivity contribution is 7.17. The summed E-state index contributed by atoms with van der Waals surface area (Å²) in [4.78, 5) is 32.0. The number of carbonyl (C=O) groups is 1. The van der Waals surface area contributed by atoms with Crippen molar-refractivity contribution in [2.75, 3.05) is 19.5 Å². The molecule has 0 aliphatic heterocycles. The quantitative estimate of drug-likeness (QED) is 0.699. The summed E-state index contributed by atoms with van der Waals surface area (Å²) in [5, 5.41) is 3.06. The first-order valence-electron chi connectivity index (χ1n) is 8.78. The monoisotopic (exact) mass is 419 g/mol. The van der Waals surface area contributed by atoms with Crippen molar-refractivity contribution >= 4 is 39.5 Å². The van der Waals surface area contributed by atoms with Crippen LogP contribution in [0.1, 0.15) is 33.8 Å². The normalized spacial score (nSPS) is 13.2. The number of halogens is 1. The smallest absolute Gasteiger partial charge is 0.271 e. The van der Waals surface area contributed by atoms with Crippen LogP contribution in [-0.2, 0) is 12.8 Å². The molecule has 0 saturated carbocycles. The van der Waals surface area contributed by atoms with E-state index in [9.17, 15) is 9.59 Å². The molecule has 9 heteroatoms. The van der Waals surface area contributed by atoms with Crippen LogP contribution in [-0.4, -0.2) is 29.5 Å². The van der Waals surface area contributed by atoms with Gasteiger partial charge in [0.2, 0.25) is 0 Å². The summed E-state index contributed by atoms with van der Waals surface area (Å²) in [7, 11) is 2.94. The van der Waals surface area contributed by atoms with E-state index in [1.165, 1.54) is 36.6 Å². The molecule has 0 unspecified atom stereocenters. The predicted molar refractivity (Wildman–Crippen MR) is 108 cm³/mol. The number of hydrogen-bond donors (Lipinski definition) is 1. The Morgan fingerprint density at radius 1 is 1.21 bits per heavy atom. The van der Waals surface area contributed by atoms with Crippen LogP contribution in [0, 0.1) is 0 Å². The molecule has 0 saturated heterocycles. The maximum atomic E-state index is 13.0. The number of hydrogen-bond acceptors (Lipinski definition) is 6. The van der Waals surface area contributed by atoms with Gasteiger partial charge in [-0.2, -0.15) is 0 Å². The Hall–Kier alpha value is -2.58. The van der Waals surface area contributed by atoms with E-state index in [1.807, 2.05) is 0 Å². The predicted octanol–water partition coefficient (Wildman–Crippen LogP) is 3.56. The van der Waals surface area contributed by atoms with Gasteiger partial charge in [0.05, 0.1) is 24.9 Å². The molecule has 0 fully saturated rings. The van der Waals surface area contributed by atoms with E-state index in [0.29, 0.717) is 27.2 Å². The first kappa shape index (κ1) is 18.8. The number of methoxy groups -OCH3 is 2. The lowest BCUT2D eigenvalue weighted by molar-refractivity contribution is 0.102. The maximum absolute atomic E-state index is 13.0. The molecule has 2 aromatic heterocycles. The number of benzene rings is 1. The van der Waals surface area contributed by atoms with Crippen LogP contribution in [0.3, 0.4) is 0 Å². The highest BCUT2D eigenvalue weighted by Crippen LogP contribution is 2.36. The Balaban J connectivity index is 1.74. The van der Waals surface area contributed by atoms with Crippen molar-refractivity contribution in [1.29, 1.82) is 0 Å². The second-order valence-electron chi connectivity index (χ2n) is 6.42. The Kier molecular flexibility index (Phi) is 4.99. The van der Waals surface area contributed by atoms with Crippen molar-refractivity contribution < 1.29 is 14.3 Å². The van der Waals surface area contributed by atoms with Crippen LogP contribution in [0.25, 0.3) is 4.96 Å². The molecule has 4 rings (SSSR count). The number of ether oxygens (including phenoxy) is 2. The van der Waals surface area contributed by atoms with Gasteiger partial charge in [0.1, 0.15) is 17.1 Å². The number of aromatic nitrogens is 2. The van der Waals surface area contributed by atoms with Gasteiger partial charge in [0.15, 0.2) is 4.96 Å². The average molecular weight is 420 g/mol. The molecular formula is C19H18ClN3O4S.